The molecule has 0 N–H and O–H groups in total. The third-order valence-electron chi connectivity index (χ3n) is 3.13. The van der Waals surface area contributed by atoms with E-state index >= 15 is 0 Å². The van der Waals surface area contributed by atoms with Crippen molar-refractivity contribution >= 4 is 5.65 Å². The number of rotatable bonds is 3. The van der Waals surface area contributed by atoms with Gasteiger partial charge in [0.15, 0.2) is 5.65 Å². The summed E-state index contributed by atoms with van der Waals surface area (Å²) in [6, 6.07) is 13.4. The minimum Gasteiger partial charge on any atom is -0.497 e. The van der Waals surface area contributed by atoms with Gasteiger partial charge in [-0.15, -0.1) is 10.2 Å². The molecule has 0 radical (unpaired) electrons. The van der Waals surface area contributed by atoms with Crippen molar-refractivity contribution < 1.29 is 4.74 Å². The summed E-state index contributed by atoms with van der Waals surface area (Å²) in [5.41, 5.74) is 2.40. The first-order chi connectivity index (χ1) is 9.80. The highest BCUT2D eigenvalue weighted by Gasteiger charge is 2.07. The van der Waals surface area contributed by atoms with E-state index in [9.17, 15) is 0 Å². The molecule has 0 saturated heterocycles. The lowest BCUT2D eigenvalue weighted by Gasteiger charge is -2.03. The fraction of sp³-hybridized carbons (Fsp3) is 0.133. The number of hydrogen-bond donors (Lipinski definition) is 0. The van der Waals surface area contributed by atoms with E-state index in [-0.39, 0.29) is 0 Å². The average molecular weight is 264 g/mol. The molecular formula is C15H12N4O. The first kappa shape index (κ1) is 12.2. The lowest BCUT2D eigenvalue weighted by atomic mass is 10.1. The SMILES string of the molecule is COc1ccc(Cc2nnc3cc(C#N)ccn23)cc1. The normalized spacial score (nSPS) is 10.4. The van der Waals surface area contributed by atoms with Crippen LogP contribution in [0.3, 0.4) is 0 Å². The largest absolute Gasteiger partial charge is 0.497 e. The number of nitriles is 1. The van der Waals surface area contributed by atoms with Crippen LogP contribution in [0.4, 0.5) is 0 Å². The van der Waals surface area contributed by atoms with Gasteiger partial charge in [-0.05, 0) is 23.8 Å². The third-order valence-corrected chi connectivity index (χ3v) is 3.13. The first-order valence-corrected chi connectivity index (χ1v) is 6.17. The van der Waals surface area contributed by atoms with E-state index in [0.29, 0.717) is 17.6 Å². The van der Waals surface area contributed by atoms with Crippen molar-refractivity contribution in [3.63, 3.8) is 0 Å². The van der Waals surface area contributed by atoms with Crippen LogP contribution in [-0.2, 0) is 6.42 Å². The molecule has 2 aromatic heterocycles. The standard InChI is InChI=1S/C15H12N4O/c1-20-13-4-2-11(3-5-13)8-14-17-18-15-9-12(10-16)6-7-19(14)15/h2-7,9H,8H2,1H3. The predicted molar refractivity (Wildman–Crippen MR) is 73.5 cm³/mol. The molecule has 2 heterocycles. The number of fused-ring (bicyclic) bond motifs is 1. The van der Waals surface area contributed by atoms with Crippen molar-refractivity contribution in [1.82, 2.24) is 14.6 Å². The Morgan fingerprint density at radius 2 is 2.00 bits per heavy atom. The fourth-order valence-corrected chi connectivity index (χ4v) is 2.06. The molecule has 98 valence electrons. The molecule has 0 fully saturated rings. The highest BCUT2D eigenvalue weighted by atomic mass is 16.5. The number of methoxy groups -OCH3 is 1. The number of ether oxygens (including phenoxy) is 1. The van der Waals surface area contributed by atoms with Gasteiger partial charge in [0.2, 0.25) is 0 Å². The Hall–Kier alpha value is -2.87. The van der Waals surface area contributed by atoms with Crippen molar-refractivity contribution in [3.05, 3.63) is 59.5 Å². The Morgan fingerprint density at radius 3 is 2.70 bits per heavy atom. The molecule has 0 saturated carbocycles. The summed E-state index contributed by atoms with van der Waals surface area (Å²) in [5.74, 6) is 1.67. The van der Waals surface area contributed by atoms with Crippen LogP contribution in [0.2, 0.25) is 0 Å². The highest BCUT2D eigenvalue weighted by molar-refractivity contribution is 5.45. The Labute approximate surface area is 116 Å². The van der Waals surface area contributed by atoms with Crippen molar-refractivity contribution in [2.45, 2.75) is 6.42 Å². The first-order valence-electron chi connectivity index (χ1n) is 6.17. The van der Waals surface area contributed by atoms with Crippen LogP contribution in [0, 0.1) is 11.3 Å². The van der Waals surface area contributed by atoms with Gasteiger partial charge < -0.3 is 4.74 Å². The lowest BCUT2D eigenvalue weighted by Crippen LogP contribution is -1.96. The highest BCUT2D eigenvalue weighted by Crippen LogP contribution is 2.15. The lowest BCUT2D eigenvalue weighted by molar-refractivity contribution is 0.414. The zero-order chi connectivity index (χ0) is 13.9. The van der Waals surface area contributed by atoms with Crippen molar-refractivity contribution in [1.29, 1.82) is 5.26 Å². The summed E-state index contributed by atoms with van der Waals surface area (Å²) >= 11 is 0. The fourth-order valence-electron chi connectivity index (χ4n) is 2.06. The maximum absolute atomic E-state index is 8.87. The van der Waals surface area contributed by atoms with Crippen LogP contribution < -0.4 is 4.74 Å². The molecule has 0 atom stereocenters. The van der Waals surface area contributed by atoms with Crippen LogP contribution >= 0.6 is 0 Å². The molecule has 1 aromatic carbocycles. The van der Waals surface area contributed by atoms with Gasteiger partial charge in [0.25, 0.3) is 0 Å². The second kappa shape index (κ2) is 5.02. The minimum absolute atomic E-state index is 0.584. The van der Waals surface area contributed by atoms with E-state index in [1.54, 1.807) is 19.2 Å². The smallest absolute Gasteiger partial charge is 0.162 e. The molecule has 0 bridgehead atoms. The van der Waals surface area contributed by atoms with Gasteiger partial charge in [0.05, 0.1) is 18.7 Å². The van der Waals surface area contributed by atoms with Crippen LogP contribution in [0.1, 0.15) is 17.0 Å². The third kappa shape index (κ3) is 2.19. The van der Waals surface area contributed by atoms with Gasteiger partial charge >= 0.3 is 0 Å². The van der Waals surface area contributed by atoms with Crippen LogP contribution in [0.25, 0.3) is 5.65 Å². The van der Waals surface area contributed by atoms with E-state index < -0.39 is 0 Å². The van der Waals surface area contributed by atoms with Crippen LogP contribution in [0.5, 0.6) is 5.75 Å². The van der Waals surface area contributed by atoms with E-state index in [0.717, 1.165) is 17.1 Å². The molecule has 5 nitrogen and oxygen atoms in total. The molecule has 0 spiro atoms. The molecule has 0 aliphatic rings. The van der Waals surface area contributed by atoms with E-state index in [1.165, 1.54) is 0 Å². The summed E-state index contributed by atoms with van der Waals surface area (Å²) < 4.78 is 7.03. The van der Waals surface area contributed by atoms with E-state index in [1.807, 2.05) is 34.9 Å². The number of nitrogens with zero attached hydrogens (tertiary/aromatic N) is 4. The van der Waals surface area contributed by atoms with Gasteiger partial charge in [-0.25, -0.2) is 0 Å². The summed E-state index contributed by atoms with van der Waals surface area (Å²) in [5, 5.41) is 17.1. The van der Waals surface area contributed by atoms with Crippen LogP contribution in [0.15, 0.2) is 42.6 Å². The number of hydrogen-bond acceptors (Lipinski definition) is 4. The zero-order valence-corrected chi connectivity index (χ0v) is 10.9. The van der Waals surface area contributed by atoms with Crippen molar-refractivity contribution in [2.75, 3.05) is 7.11 Å². The second-order valence-corrected chi connectivity index (χ2v) is 4.40. The molecule has 5 heteroatoms. The van der Waals surface area contributed by atoms with E-state index in [4.69, 9.17) is 10.00 Å². The summed E-state index contributed by atoms with van der Waals surface area (Å²) in [4.78, 5) is 0. The Balaban J connectivity index is 1.92. The number of benzene rings is 1. The average Bonchev–Trinajstić information content (AvgIpc) is 2.90. The van der Waals surface area contributed by atoms with Gasteiger partial charge in [-0.3, -0.25) is 4.40 Å². The minimum atomic E-state index is 0.584. The molecule has 3 aromatic rings. The second-order valence-electron chi connectivity index (χ2n) is 4.40. The molecule has 20 heavy (non-hydrogen) atoms. The van der Waals surface area contributed by atoms with Gasteiger partial charge in [0.1, 0.15) is 11.6 Å². The maximum Gasteiger partial charge on any atom is 0.162 e. The van der Waals surface area contributed by atoms with Crippen molar-refractivity contribution in [3.8, 4) is 11.8 Å². The topological polar surface area (TPSA) is 63.2 Å². The monoisotopic (exact) mass is 264 g/mol. The maximum atomic E-state index is 8.87. The van der Waals surface area contributed by atoms with Crippen LogP contribution in [-0.4, -0.2) is 21.7 Å². The van der Waals surface area contributed by atoms with Gasteiger partial charge in [-0.2, -0.15) is 5.26 Å². The summed E-state index contributed by atoms with van der Waals surface area (Å²) in [6.45, 7) is 0. The number of pyridine rings is 1. The molecule has 0 aliphatic heterocycles. The summed E-state index contributed by atoms with van der Waals surface area (Å²) in [6.07, 6.45) is 2.50. The molecule has 0 aliphatic carbocycles. The van der Waals surface area contributed by atoms with Gasteiger partial charge in [0, 0.05) is 18.7 Å². The molecule has 0 amide bonds. The Kier molecular flexibility index (Phi) is 3.05. The molecular weight excluding hydrogens is 252 g/mol. The van der Waals surface area contributed by atoms with E-state index in [2.05, 4.69) is 16.3 Å². The number of aromatic nitrogens is 3. The Bertz CT molecular complexity index is 784. The quantitative estimate of drug-likeness (QED) is 0.727. The zero-order valence-electron chi connectivity index (χ0n) is 10.9. The molecule has 0 unspecified atom stereocenters. The predicted octanol–water partition coefficient (Wildman–Crippen LogP) is 2.20. The molecule has 3 rings (SSSR count). The Morgan fingerprint density at radius 1 is 1.20 bits per heavy atom. The van der Waals surface area contributed by atoms with Gasteiger partial charge in [-0.1, -0.05) is 12.1 Å². The summed E-state index contributed by atoms with van der Waals surface area (Å²) in [7, 11) is 1.65. The van der Waals surface area contributed by atoms with Crippen molar-refractivity contribution in [2.24, 2.45) is 0 Å².